The van der Waals surface area contributed by atoms with E-state index in [2.05, 4.69) is 10.1 Å². The SMILES string of the molecule is COC(=O)c1occc1CNCC(O)C(C)C. The third kappa shape index (κ3) is 3.87. The third-order valence-electron chi connectivity index (χ3n) is 2.56. The molecule has 0 bridgehead atoms. The van der Waals surface area contributed by atoms with Crippen LogP contribution < -0.4 is 5.32 Å². The fourth-order valence-corrected chi connectivity index (χ4v) is 1.34. The minimum atomic E-state index is -0.490. The molecule has 1 atom stereocenters. The maximum absolute atomic E-state index is 11.3. The van der Waals surface area contributed by atoms with Crippen LogP contribution in [-0.4, -0.2) is 30.8 Å². The zero-order chi connectivity index (χ0) is 12.8. The monoisotopic (exact) mass is 241 g/mol. The van der Waals surface area contributed by atoms with Gasteiger partial charge in [-0.05, 0) is 12.0 Å². The number of hydrogen-bond donors (Lipinski definition) is 2. The zero-order valence-electron chi connectivity index (χ0n) is 10.4. The lowest BCUT2D eigenvalue weighted by Gasteiger charge is -2.14. The number of carbonyl (C=O) groups excluding carboxylic acids is 1. The van der Waals surface area contributed by atoms with Gasteiger partial charge >= 0.3 is 5.97 Å². The molecule has 0 saturated heterocycles. The quantitative estimate of drug-likeness (QED) is 0.731. The third-order valence-corrected chi connectivity index (χ3v) is 2.56. The van der Waals surface area contributed by atoms with Gasteiger partial charge < -0.3 is 19.6 Å². The van der Waals surface area contributed by atoms with E-state index >= 15 is 0 Å². The molecule has 1 heterocycles. The van der Waals surface area contributed by atoms with E-state index in [9.17, 15) is 9.90 Å². The van der Waals surface area contributed by atoms with E-state index in [1.54, 1.807) is 6.07 Å². The van der Waals surface area contributed by atoms with E-state index in [1.807, 2.05) is 13.8 Å². The van der Waals surface area contributed by atoms with Crippen molar-refractivity contribution >= 4 is 5.97 Å². The van der Waals surface area contributed by atoms with Gasteiger partial charge in [-0.25, -0.2) is 4.79 Å². The highest BCUT2D eigenvalue weighted by molar-refractivity contribution is 5.87. The van der Waals surface area contributed by atoms with Crippen molar-refractivity contribution in [1.82, 2.24) is 5.32 Å². The summed E-state index contributed by atoms with van der Waals surface area (Å²) in [6, 6.07) is 1.71. The van der Waals surface area contributed by atoms with Crippen LogP contribution in [0.5, 0.6) is 0 Å². The molecule has 0 saturated carbocycles. The Kier molecular flexibility index (Phi) is 5.18. The van der Waals surface area contributed by atoms with Crippen LogP contribution in [-0.2, 0) is 11.3 Å². The van der Waals surface area contributed by atoms with Crippen LogP contribution >= 0.6 is 0 Å². The number of rotatable bonds is 6. The minimum absolute atomic E-state index is 0.201. The van der Waals surface area contributed by atoms with Crippen LogP contribution in [0.1, 0.15) is 30.0 Å². The summed E-state index contributed by atoms with van der Waals surface area (Å²) >= 11 is 0. The molecule has 0 aliphatic carbocycles. The van der Waals surface area contributed by atoms with Gasteiger partial charge in [-0.3, -0.25) is 0 Å². The first kappa shape index (κ1) is 13.7. The van der Waals surface area contributed by atoms with Crippen molar-refractivity contribution in [2.45, 2.75) is 26.5 Å². The topological polar surface area (TPSA) is 71.7 Å². The Balaban J connectivity index is 2.47. The Hall–Kier alpha value is -1.33. The summed E-state index contributed by atoms with van der Waals surface area (Å²) in [5.41, 5.74) is 0.729. The van der Waals surface area contributed by atoms with Crippen molar-refractivity contribution in [2.75, 3.05) is 13.7 Å². The summed E-state index contributed by atoms with van der Waals surface area (Å²) in [7, 11) is 1.31. The number of furan rings is 1. The van der Waals surface area contributed by atoms with Crippen LogP contribution in [0, 0.1) is 5.92 Å². The second-order valence-corrected chi connectivity index (χ2v) is 4.21. The average molecular weight is 241 g/mol. The van der Waals surface area contributed by atoms with Gasteiger partial charge in [0.25, 0.3) is 0 Å². The smallest absolute Gasteiger partial charge is 0.374 e. The maximum Gasteiger partial charge on any atom is 0.374 e. The Labute approximate surface area is 101 Å². The molecule has 1 rings (SSSR count). The van der Waals surface area contributed by atoms with Crippen molar-refractivity contribution in [2.24, 2.45) is 5.92 Å². The number of methoxy groups -OCH3 is 1. The summed E-state index contributed by atoms with van der Waals surface area (Å²) < 4.78 is 9.64. The lowest BCUT2D eigenvalue weighted by molar-refractivity contribution is 0.0563. The highest BCUT2D eigenvalue weighted by Crippen LogP contribution is 2.11. The Morgan fingerprint density at radius 1 is 1.59 bits per heavy atom. The number of nitrogens with one attached hydrogen (secondary N) is 1. The van der Waals surface area contributed by atoms with Gasteiger partial charge in [0, 0.05) is 18.7 Å². The number of ether oxygens (including phenoxy) is 1. The molecule has 17 heavy (non-hydrogen) atoms. The van der Waals surface area contributed by atoms with Gasteiger partial charge in [0.15, 0.2) is 0 Å². The van der Waals surface area contributed by atoms with Gasteiger partial charge in [-0.15, -0.1) is 0 Å². The number of aliphatic hydroxyl groups excluding tert-OH is 1. The summed E-state index contributed by atoms with van der Waals surface area (Å²) in [6.45, 7) is 4.84. The molecule has 0 spiro atoms. The van der Waals surface area contributed by atoms with Crippen molar-refractivity contribution in [3.8, 4) is 0 Å². The standard InChI is InChI=1S/C12H19NO4/c1-8(2)10(14)7-13-6-9-4-5-17-11(9)12(15)16-3/h4-5,8,10,13-14H,6-7H2,1-3H3. The number of hydrogen-bond acceptors (Lipinski definition) is 5. The predicted octanol–water partition coefficient (Wildman–Crippen LogP) is 1.17. The van der Waals surface area contributed by atoms with E-state index in [4.69, 9.17) is 4.42 Å². The van der Waals surface area contributed by atoms with Gasteiger partial charge in [-0.1, -0.05) is 13.8 Å². The fourth-order valence-electron chi connectivity index (χ4n) is 1.34. The molecule has 0 amide bonds. The van der Waals surface area contributed by atoms with E-state index in [-0.39, 0.29) is 11.7 Å². The first-order valence-corrected chi connectivity index (χ1v) is 5.59. The molecular weight excluding hydrogens is 222 g/mol. The zero-order valence-corrected chi connectivity index (χ0v) is 10.4. The van der Waals surface area contributed by atoms with Crippen LogP contribution in [0.25, 0.3) is 0 Å². The van der Waals surface area contributed by atoms with Crippen LogP contribution in [0.2, 0.25) is 0 Å². The van der Waals surface area contributed by atoms with Crippen LogP contribution in [0.3, 0.4) is 0 Å². The van der Waals surface area contributed by atoms with E-state index < -0.39 is 12.1 Å². The maximum atomic E-state index is 11.3. The molecule has 1 unspecified atom stereocenters. The number of carbonyl (C=O) groups is 1. The largest absolute Gasteiger partial charge is 0.463 e. The van der Waals surface area contributed by atoms with Crippen molar-refractivity contribution < 1.29 is 19.1 Å². The van der Waals surface area contributed by atoms with Crippen molar-refractivity contribution in [1.29, 1.82) is 0 Å². The molecule has 0 radical (unpaired) electrons. The molecule has 0 fully saturated rings. The Morgan fingerprint density at radius 3 is 2.88 bits per heavy atom. The molecule has 5 heteroatoms. The normalized spacial score (nSPS) is 12.8. The molecule has 0 aliphatic heterocycles. The molecule has 1 aromatic rings. The molecule has 0 aliphatic rings. The van der Waals surface area contributed by atoms with E-state index in [1.165, 1.54) is 13.4 Å². The Morgan fingerprint density at radius 2 is 2.29 bits per heavy atom. The average Bonchev–Trinajstić information content (AvgIpc) is 2.76. The second kappa shape index (κ2) is 6.42. The molecule has 0 aromatic carbocycles. The molecule has 2 N–H and O–H groups in total. The van der Waals surface area contributed by atoms with E-state index in [0.717, 1.165) is 5.56 Å². The predicted molar refractivity (Wildman–Crippen MR) is 62.6 cm³/mol. The van der Waals surface area contributed by atoms with Crippen molar-refractivity contribution in [3.63, 3.8) is 0 Å². The lowest BCUT2D eigenvalue weighted by atomic mass is 10.1. The molecule has 96 valence electrons. The summed E-state index contributed by atoms with van der Waals surface area (Å²) in [5, 5.41) is 12.7. The van der Waals surface area contributed by atoms with Gasteiger partial charge in [0.05, 0.1) is 19.5 Å². The molecular formula is C12H19NO4. The Bertz CT molecular complexity index is 359. The fraction of sp³-hybridized carbons (Fsp3) is 0.583. The van der Waals surface area contributed by atoms with Gasteiger partial charge in [0.1, 0.15) is 0 Å². The van der Waals surface area contributed by atoms with Gasteiger partial charge in [0.2, 0.25) is 5.76 Å². The minimum Gasteiger partial charge on any atom is -0.463 e. The molecule has 1 aromatic heterocycles. The van der Waals surface area contributed by atoms with Crippen LogP contribution in [0.4, 0.5) is 0 Å². The second-order valence-electron chi connectivity index (χ2n) is 4.21. The highest BCUT2D eigenvalue weighted by atomic mass is 16.5. The summed E-state index contributed by atoms with van der Waals surface area (Å²) in [6.07, 6.45) is 1.05. The number of esters is 1. The lowest BCUT2D eigenvalue weighted by Crippen LogP contribution is -2.30. The summed E-state index contributed by atoms with van der Waals surface area (Å²) in [4.78, 5) is 11.3. The van der Waals surface area contributed by atoms with Crippen molar-refractivity contribution in [3.05, 3.63) is 23.7 Å². The van der Waals surface area contributed by atoms with Gasteiger partial charge in [-0.2, -0.15) is 0 Å². The highest BCUT2D eigenvalue weighted by Gasteiger charge is 2.16. The van der Waals surface area contributed by atoms with E-state index in [0.29, 0.717) is 13.1 Å². The summed E-state index contributed by atoms with van der Waals surface area (Å²) in [5.74, 6) is -0.0813. The van der Waals surface area contributed by atoms with Crippen LogP contribution in [0.15, 0.2) is 16.7 Å². The first-order valence-electron chi connectivity index (χ1n) is 5.59. The number of aliphatic hydroxyl groups is 1. The molecule has 5 nitrogen and oxygen atoms in total. The first-order chi connectivity index (χ1) is 8.06.